The number of aliphatic hydroxyl groups is 2. The molecule has 0 spiro atoms. The number of aryl methyl sites for hydroxylation is 1. The lowest BCUT2D eigenvalue weighted by atomic mass is 9.85. The first-order valence-corrected chi connectivity index (χ1v) is 6.14. The Kier molecular flexibility index (Phi) is 4.96. The van der Waals surface area contributed by atoms with E-state index in [0.717, 1.165) is 5.59 Å². The van der Waals surface area contributed by atoms with E-state index in [2.05, 4.69) is 5.10 Å². The highest BCUT2D eigenvalue weighted by atomic mass is 16.5. The van der Waals surface area contributed by atoms with E-state index >= 15 is 0 Å². The van der Waals surface area contributed by atoms with Crippen LogP contribution in [0.3, 0.4) is 0 Å². The Bertz CT molecular complexity index is 372. The van der Waals surface area contributed by atoms with Gasteiger partial charge in [0, 0.05) is 24.9 Å². The second kappa shape index (κ2) is 5.86. The number of rotatable bonds is 7. The van der Waals surface area contributed by atoms with Crippen molar-refractivity contribution in [3.8, 4) is 0 Å². The Hall–Kier alpha value is -0.845. The molecular formula is C12H22BN2O3. The molecule has 0 bridgehead atoms. The Balaban J connectivity index is 2.61. The molecule has 1 radical (unpaired) electrons. The fourth-order valence-electron chi connectivity index (χ4n) is 1.20. The summed E-state index contributed by atoms with van der Waals surface area (Å²) in [6.07, 6.45) is 2.33. The van der Waals surface area contributed by atoms with Crippen LogP contribution in [0.15, 0.2) is 12.3 Å². The topological polar surface area (TPSA) is 67.5 Å². The van der Waals surface area contributed by atoms with Crippen LogP contribution in [0, 0.1) is 0 Å². The summed E-state index contributed by atoms with van der Waals surface area (Å²) in [5.41, 5.74) is -0.820. The Morgan fingerprint density at radius 1 is 1.39 bits per heavy atom. The van der Waals surface area contributed by atoms with E-state index in [-0.39, 0.29) is 6.61 Å². The van der Waals surface area contributed by atoms with Gasteiger partial charge < -0.3 is 14.9 Å². The van der Waals surface area contributed by atoms with Gasteiger partial charge in [-0.15, -0.1) is 0 Å². The van der Waals surface area contributed by atoms with Crippen LogP contribution in [0.2, 0.25) is 0 Å². The van der Waals surface area contributed by atoms with Crippen molar-refractivity contribution in [3.05, 3.63) is 12.3 Å². The van der Waals surface area contributed by atoms with Gasteiger partial charge in [-0.05, 0) is 40.2 Å². The van der Waals surface area contributed by atoms with Gasteiger partial charge in [0.15, 0.2) is 0 Å². The lowest BCUT2D eigenvalue weighted by Crippen LogP contribution is -2.49. The van der Waals surface area contributed by atoms with Crippen molar-refractivity contribution in [1.82, 2.24) is 9.78 Å². The van der Waals surface area contributed by atoms with Crippen molar-refractivity contribution in [1.29, 1.82) is 0 Å². The summed E-state index contributed by atoms with van der Waals surface area (Å²) in [6, 6.07) is 1.83. The lowest BCUT2D eigenvalue weighted by molar-refractivity contribution is -0.0894. The van der Waals surface area contributed by atoms with Gasteiger partial charge in [-0.25, -0.2) is 0 Å². The van der Waals surface area contributed by atoms with Crippen LogP contribution in [-0.4, -0.2) is 45.3 Å². The molecule has 18 heavy (non-hydrogen) atoms. The van der Waals surface area contributed by atoms with Gasteiger partial charge in [0.25, 0.3) is 0 Å². The Labute approximate surface area is 109 Å². The first kappa shape index (κ1) is 15.2. The molecule has 0 saturated heterocycles. The summed E-state index contributed by atoms with van der Waals surface area (Å²) in [5, 5.41) is 22.9. The van der Waals surface area contributed by atoms with E-state index in [1.807, 2.05) is 19.9 Å². The molecule has 0 aliphatic carbocycles. The molecule has 1 aromatic heterocycles. The number of hydrogen-bond donors (Lipinski definition) is 2. The Morgan fingerprint density at radius 2 is 2.06 bits per heavy atom. The molecule has 101 valence electrons. The minimum absolute atomic E-state index is 0.134. The zero-order valence-corrected chi connectivity index (χ0v) is 11.6. The third-order valence-electron chi connectivity index (χ3n) is 3.23. The fourth-order valence-corrected chi connectivity index (χ4v) is 1.20. The minimum Gasteiger partial charge on any atom is -0.425 e. The molecule has 0 atom stereocenters. The molecule has 1 aromatic rings. The van der Waals surface area contributed by atoms with Crippen molar-refractivity contribution in [2.45, 2.75) is 51.9 Å². The first-order chi connectivity index (χ1) is 8.28. The van der Waals surface area contributed by atoms with Crippen molar-refractivity contribution in [3.63, 3.8) is 0 Å². The zero-order chi connectivity index (χ0) is 13.8. The molecule has 0 aromatic carbocycles. The van der Waals surface area contributed by atoms with Crippen LogP contribution >= 0.6 is 0 Å². The second-order valence-electron chi connectivity index (χ2n) is 5.36. The van der Waals surface area contributed by atoms with Gasteiger partial charge in [0.05, 0.1) is 11.2 Å². The van der Waals surface area contributed by atoms with Gasteiger partial charge in [0.2, 0.25) is 0 Å². The van der Waals surface area contributed by atoms with Crippen molar-refractivity contribution >= 4 is 13.1 Å². The summed E-state index contributed by atoms with van der Waals surface area (Å²) in [7, 11) is 1.60. The standard InChI is InChI=1S/C12H22BN2O3/c1-11(2,17)12(3,4)18-13-10-6-7-14-15(10)8-5-9-16/h6-7,16-17H,5,8-9H2,1-4H3. The van der Waals surface area contributed by atoms with Gasteiger partial charge in [0.1, 0.15) is 0 Å². The smallest absolute Gasteiger partial charge is 0.351 e. The van der Waals surface area contributed by atoms with Crippen molar-refractivity contribution in [2.75, 3.05) is 6.61 Å². The van der Waals surface area contributed by atoms with Crippen molar-refractivity contribution in [2.24, 2.45) is 0 Å². The monoisotopic (exact) mass is 253 g/mol. The van der Waals surface area contributed by atoms with Crippen LogP contribution in [0.1, 0.15) is 34.1 Å². The number of nitrogens with zero attached hydrogens (tertiary/aromatic N) is 2. The number of hydrogen-bond acceptors (Lipinski definition) is 4. The summed E-state index contributed by atoms with van der Waals surface area (Å²) in [6.45, 7) is 7.86. The van der Waals surface area contributed by atoms with Crippen LogP contribution in [0.4, 0.5) is 0 Å². The van der Waals surface area contributed by atoms with E-state index in [4.69, 9.17) is 9.76 Å². The maximum absolute atomic E-state index is 9.98. The quantitative estimate of drug-likeness (QED) is 0.675. The second-order valence-corrected chi connectivity index (χ2v) is 5.36. The fraction of sp³-hybridized carbons (Fsp3) is 0.750. The molecule has 0 fully saturated rings. The molecule has 0 unspecified atom stereocenters. The molecular weight excluding hydrogens is 231 g/mol. The van der Waals surface area contributed by atoms with E-state index in [9.17, 15) is 5.11 Å². The van der Waals surface area contributed by atoms with Gasteiger partial charge in [-0.3, -0.25) is 4.68 Å². The average Bonchev–Trinajstić information content (AvgIpc) is 2.69. The van der Waals surface area contributed by atoms with Gasteiger partial charge in [-0.1, -0.05) is 0 Å². The highest BCUT2D eigenvalue weighted by molar-refractivity contribution is 6.45. The Morgan fingerprint density at radius 3 is 2.61 bits per heavy atom. The highest BCUT2D eigenvalue weighted by Gasteiger charge is 2.35. The third-order valence-corrected chi connectivity index (χ3v) is 3.23. The number of aromatic nitrogens is 2. The summed E-state index contributed by atoms with van der Waals surface area (Å²) in [5.74, 6) is 0. The molecule has 5 nitrogen and oxygen atoms in total. The predicted octanol–water partition coefficient (Wildman–Crippen LogP) is 0.0761. The lowest BCUT2D eigenvalue weighted by Gasteiger charge is -2.37. The first-order valence-electron chi connectivity index (χ1n) is 6.14. The van der Waals surface area contributed by atoms with E-state index in [1.165, 1.54) is 0 Å². The molecule has 1 rings (SSSR count). The molecule has 0 aliphatic rings. The van der Waals surface area contributed by atoms with Crippen LogP contribution < -0.4 is 5.59 Å². The minimum atomic E-state index is -0.945. The van der Waals surface area contributed by atoms with Crippen LogP contribution in [0.25, 0.3) is 0 Å². The van der Waals surface area contributed by atoms with E-state index in [1.54, 1.807) is 32.2 Å². The van der Waals surface area contributed by atoms with Crippen molar-refractivity contribution < 1.29 is 14.9 Å². The van der Waals surface area contributed by atoms with E-state index < -0.39 is 11.2 Å². The normalized spacial score (nSPS) is 12.8. The molecule has 1 heterocycles. The highest BCUT2D eigenvalue weighted by Crippen LogP contribution is 2.24. The summed E-state index contributed by atoms with van der Waals surface area (Å²) in [4.78, 5) is 0. The summed E-state index contributed by atoms with van der Waals surface area (Å²) < 4.78 is 7.42. The summed E-state index contributed by atoms with van der Waals surface area (Å²) >= 11 is 0. The maximum atomic E-state index is 9.98. The molecule has 0 aliphatic heterocycles. The molecule has 6 heteroatoms. The largest absolute Gasteiger partial charge is 0.425 e. The number of aliphatic hydroxyl groups excluding tert-OH is 1. The zero-order valence-electron chi connectivity index (χ0n) is 11.6. The average molecular weight is 253 g/mol. The van der Waals surface area contributed by atoms with E-state index in [0.29, 0.717) is 13.0 Å². The van der Waals surface area contributed by atoms with Gasteiger partial charge in [-0.2, -0.15) is 5.10 Å². The SMILES string of the molecule is CC(C)(O)C(C)(C)O[B]c1ccnn1CCCO. The third kappa shape index (κ3) is 3.83. The predicted molar refractivity (Wildman–Crippen MR) is 70.8 cm³/mol. The molecule has 2 N–H and O–H groups in total. The molecule has 0 amide bonds. The maximum Gasteiger partial charge on any atom is 0.351 e. The van der Waals surface area contributed by atoms with Gasteiger partial charge >= 0.3 is 7.48 Å². The van der Waals surface area contributed by atoms with Crippen LogP contribution in [-0.2, 0) is 11.2 Å². The van der Waals surface area contributed by atoms with Crippen LogP contribution in [0.5, 0.6) is 0 Å². The molecule has 0 saturated carbocycles.